The quantitative estimate of drug-likeness (QED) is 0.236. The molecule has 26 heavy (non-hydrogen) atoms. The molecule has 0 fully saturated rings. The standard InChI is InChI=1S/C19H31IN2O3Si/c1-18(2,3)24-16(23)12-22-15-10-9-13(11-14(15)17(20)21)25-26(7,8)19(4,5)6/h9-11,21-22H,12H2,1-8H3. The molecule has 0 unspecified atom stereocenters. The number of hydrogen-bond donors (Lipinski definition) is 2. The van der Waals surface area contributed by atoms with Gasteiger partial charge in [-0.3, -0.25) is 10.2 Å². The van der Waals surface area contributed by atoms with E-state index in [1.54, 1.807) is 0 Å². The zero-order valence-corrected chi connectivity index (χ0v) is 20.2. The van der Waals surface area contributed by atoms with Crippen LogP contribution in [0.5, 0.6) is 5.75 Å². The highest BCUT2D eigenvalue weighted by molar-refractivity contribution is 14.1. The molecule has 146 valence electrons. The number of hydrogen-bond acceptors (Lipinski definition) is 5. The van der Waals surface area contributed by atoms with Gasteiger partial charge in [0.15, 0.2) is 0 Å². The van der Waals surface area contributed by atoms with E-state index in [4.69, 9.17) is 14.6 Å². The molecule has 7 heteroatoms. The van der Waals surface area contributed by atoms with Crippen molar-refractivity contribution < 1.29 is 14.0 Å². The predicted molar refractivity (Wildman–Crippen MR) is 119 cm³/mol. The summed E-state index contributed by atoms with van der Waals surface area (Å²) in [5, 5.41) is 11.2. The van der Waals surface area contributed by atoms with Crippen LogP contribution in [0.3, 0.4) is 0 Å². The normalized spacial score (nSPS) is 12.5. The number of anilines is 1. The minimum atomic E-state index is -1.95. The summed E-state index contributed by atoms with van der Waals surface area (Å²) in [6, 6.07) is 5.61. The summed E-state index contributed by atoms with van der Waals surface area (Å²) in [6.07, 6.45) is 0. The topological polar surface area (TPSA) is 71.4 Å². The molecule has 0 saturated carbocycles. The number of ether oxygens (including phenoxy) is 1. The summed E-state index contributed by atoms with van der Waals surface area (Å²) < 4.78 is 12.0. The average molecular weight is 490 g/mol. The first-order chi connectivity index (χ1) is 11.6. The van der Waals surface area contributed by atoms with Crippen molar-refractivity contribution in [2.45, 2.75) is 65.3 Å². The molecule has 0 radical (unpaired) electrons. The fourth-order valence-electron chi connectivity index (χ4n) is 1.92. The van der Waals surface area contributed by atoms with Crippen molar-refractivity contribution in [3.63, 3.8) is 0 Å². The van der Waals surface area contributed by atoms with Crippen molar-refractivity contribution in [3.05, 3.63) is 23.8 Å². The van der Waals surface area contributed by atoms with Gasteiger partial charge in [0.2, 0.25) is 8.32 Å². The largest absolute Gasteiger partial charge is 0.543 e. The zero-order valence-electron chi connectivity index (χ0n) is 17.0. The average Bonchev–Trinajstić information content (AvgIpc) is 2.42. The van der Waals surface area contributed by atoms with E-state index in [-0.39, 0.29) is 17.6 Å². The summed E-state index contributed by atoms with van der Waals surface area (Å²) in [6.45, 7) is 16.5. The molecule has 1 rings (SSSR count). The third-order valence-corrected chi connectivity index (χ3v) is 9.19. The Morgan fingerprint density at radius 1 is 1.19 bits per heavy atom. The van der Waals surface area contributed by atoms with E-state index in [9.17, 15) is 4.79 Å². The minimum absolute atomic E-state index is 0.0522. The molecule has 0 heterocycles. The molecule has 0 atom stereocenters. The van der Waals surface area contributed by atoms with Crippen LogP contribution in [-0.4, -0.2) is 30.2 Å². The van der Waals surface area contributed by atoms with E-state index in [1.165, 1.54) is 0 Å². The summed E-state index contributed by atoms with van der Waals surface area (Å²) in [5.74, 6) is 0.431. The summed E-state index contributed by atoms with van der Waals surface area (Å²) in [5.41, 5.74) is 0.918. The molecule has 0 bridgehead atoms. The Labute approximate surface area is 172 Å². The fourth-order valence-corrected chi connectivity index (χ4v) is 3.38. The SMILES string of the molecule is CC(C)(C)OC(=O)CNc1ccc(O[Si](C)(C)C(C)(C)C)cc1C(=N)I. The summed E-state index contributed by atoms with van der Waals surface area (Å²) in [7, 11) is -1.95. The van der Waals surface area contributed by atoms with E-state index in [0.717, 1.165) is 11.4 Å². The first kappa shape index (κ1) is 22.9. The van der Waals surface area contributed by atoms with Crippen molar-refractivity contribution in [2.75, 3.05) is 11.9 Å². The molecular weight excluding hydrogens is 459 g/mol. The maximum Gasteiger partial charge on any atom is 0.325 e. The maximum absolute atomic E-state index is 11.9. The van der Waals surface area contributed by atoms with Crippen molar-refractivity contribution >= 4 is 46.3 Å². The van der Waals surface area contributed by atoms with Crippen LogP contribution in [0.2, 0.25) is 18.1 Å². The van der Waals surface area contributed by atoms with Gasteiger partial charge in [-0.05, 0) is 79.7 Å². The molecule has 0 saturated heterocycles. The zero-order chi connectivity index (χ0) is 20.3. The number of carbonyl (C=O) groups is 1. The Kier molecular flexibility index (Phi) is 7.31. The van der Waals surface area contributed by atoms with Crippen LogP contribution in [0.4, 0.5) is 5.69 Å². The Balaban J connectivity index is 2.96. The minimum Gasteiger partial charge on any atom is -0.543 e. The smallest absolute Gasteiger partial charge is 0.325 e. The van der Waals surface area contributed by atoms with E-state index >= 15 is 0 Å². The first-order valence-electron chi connectivity index (χ1n) is 8.65. The monoisotopic (exact) mass is 490 g/mol. The highest BCUT2D eigenvalue weighted by atomic mass is 127. The van der Waals surface area contributed by atoms with Gasteiger partial charge in [-0.1, -0.05) is 20.8 Å². The van der Waals surface area contributed by atoms with Gasteiger partial charge in [0, 0.05) is 11.3 Å². The second-order valence-electron chi connectivity index (χ2n) is 8.82. The van der Waals surface area contributed by atoms with E-state index < -0.39 is 13.9 Å². The molecule has 1 aromatic rings. The van der Waals surface area contributed by atoms with Gasteiger partial charge < -0.3 is 14.5 Å². The Morgan fingerprint density at radius 3 is 2.23 bits per heavy atom. The van der Waals surface area contributed by atoms with Gasteiger partial charge in [0.1, 0.15) is 21.6 Å². The lowest BCUT2D eigenvalue weighted by molar-refractivity contribution is -0.152. The van der Waals surface area contributed by atoms with E-state index in [0.29, 0.717) is 9.28 Å². The highest BCUT2D eigenvalue weighted by Gasteiger charge is 2.39. The third-order valence-electron chi connectivity index (χ3n) is 4.25. The Bertz CT molecular complexity index is 676. The second kappa shape index (κ2) is 8.29. The van der Waals surface area contributed by atoms with Gasteiger partial charge in [-0.25, -0.2) is 0 Å². The Morgan fingerprint density at radius 2 is 1.77 bits per heavy atom. The van der Waals surface area contributed by atoms with Crippen molar-refractivity contribution in [1.82, 2.24) is 0 Å². The van der Waals surface area contributed by atoms with Gasteiger partial charge in [-0.15, -0.1) is 0 Å². The first-order valence-corrected chi connectivity index (χ1v) is 12.6. The van der Waals surface area contributed by atoms with Gasteiger partial charge in [0.25, 0.3) is 0 Å². The Hall–Kier alpha value is -1.09. The van der Waals surface area contributed by atoms with Gasteiger partial charge in [-0.2, -0.15) is 0 Å². The number of halogens is 1. The van der Waals surface area contributed by atoms with Crippen LogP contribution in [-0.2, 0) is 9.53 Å². The second-order valence-corrected chi connectivity index (χ2v) is 14.6. The molecule has 0 aromatic heterocycles. The lowest BCUT2D eigenvalue weighted by Gasteiger charge is -2.36. The van der Waals surface area contributed by atoms with Crippen LogP contribution in [0.15, 0.2) is 18.2 Å². The van der Waals surface area contributed by atoms with Crippen LogP contribution >= 0.6 is 22.6 Å². The maximum atomic E-state index is 11.9. The van der Waals surface area contributed by atoms with E-state index in [1.807, 2.05) is 61.6 Å². The molecule has 0 aliphatic rings. The van der Waals surface area contributed by atoms with Crippen molar-refractivity contribution in [2.24, 2.45) is 0 Å². The lowest BCUT2D eigenvalue weighted by atomic mass is 10.2. The number of benzene rings is 1. The molecule has 0 aliphatic heterocycles. The molecule has 0 spiro atoms. The highest BCUT2D eigenvalue weighted by Crippen LogP contribution is 2.38. The number of carbonyl (C=O) groups excluding carboxylic acids is 1. The predicted octanol–water partition coefficient (Wildman–Crippen LogP) is 5.58. The molecular formula is C19H31IN2O3Si. The van der Waals surface area contributed by atoms with Gasteiger partial charge >= 0.3 is 5.97 Å². The van der Waals surface area contributed by atoms with Crippen LogP contribution < -0.4 is 9.74 Å². The lowest BCUT2D eigenvalue weighted by Crippen LogP contribution is -2.43. The molecule has 0 amide bonds. The molecule has 1 aromatic carbocycles. The number of nitrogens with one attached hydrogen (secondary N) is 2. The summed E-state index contributed by atoms with van der Waals surface area (Å²) in [4.78, 5) is 11.9. The number of rotatable bonds is 6. The van der Waals surface area contributed by atoms with Crippen LogP contribution in [0.1, 0.15) is 47.1 Å². The molecule has 5 nitrogen and oxygen atoms in total. The fraction of sp³-hybridized carbons (Fsp3) is 0.579. The third kappa shape index (κ3) is 6.90. The summed E-state index contributed by atoms with van der Waals surface area (Å²) >= 11 is 1.97. The number of esters is 1. The van der Waals surface area contributed by atoms with Crippen LogP contribution in [0, 0.1) is 5.41 Å². The van der Waals surface area contributed by atoms with Gasteiger partial charge in [0.05, 0.1) is 0 Å². The van der Waals surface area contributed by atoms with Crippen molar-refractivity contribution in [3.8, 4) is 5.75 Å². The van der Waals surface area contributed by atoms with Crippen molar-refractivity contribution in [1.29, 1.82) is 5.41 Å². The molecule has 2 N–H and O–H groups in total. The van der Waals surface area contributed by atoms with Crippen LogP contribution in [0.25, 0.3) is 0 Å². The van der Waals surface area contributed by atoms with E-state index in [2.05, 4.69) is 39.2 Å². The molecule has 0 aliphatic carbocycles.